The molecule has 13 heteroatoms. The zero-order valence-electron chi connectivity index (χ0n) is 22.8. The molecule has 0 aliphatic rings. The van der Waals surface area contributed by atoms with E-state index in [4.69, 9.17) is 4.74 Å². The molecule has 1 atom stereocenters. The maximum absolute atomic E-state index is 12.6. The maximum atomic E-state index is 12.6. The van der Waals surface area contributed by atoms with Crippen molar-refractivity contribution in [1.29, 1.82) is 0 Å². The molecular formula is C26H36N6O6S. The third-order valence-electron chi connectivity index (χ3n) is 4.79. The summed E-state index contributed by atoms with van der Waals surface area (Å²) in [6.07, 6.45) is -0.367. The Morgan fingerprint density at radius 2 is 1.69 bits per heavy atom. The minimum atomic E-state index is -1.17. The van der Waals surface area contributed by atoms with Gasteiger partial charge in [0.05, 0.1) is 13.0 Å². The van der Waals surface area contributed by atoms with E-state index in [9.17, 15) is 24.0 Å². The Kier molecular flexibility index (Phi) is 11.9. The highest BCUT2D eigenvalue weighted by atomic mass is 32.1. The minimum absolute atomic E-state index is 0.00569. The number of ether oxygens (including phenoxy) is 1. The largest absolute Gasteiger partial charge is 0.460 e. The van der Waals surface area contributed by atoms with Crippen LogP contribution in [0.25, 0.3) is 0 Å². The van der Waals surface area contributed by atoms with E-state index in [1.165, 1.54) is 5.38 Å². The number of amides is 5. The molecule has 5 amide bonds. The van der Waals surface area contributed by atoms with E-state index in [1.807, 2.05) is 44.2 Å². The lowest BCUT2D eigenvalue weighted by molar-refractivity contribution is -0.156. The van der Waals surface area contributed by atoms with Crippen molar-refractivity contribution in [1.82, 2.24) is 26.3 Å². The maximum Gasteiger partial charge on any atom is 0.321 e. The van der Waals surface area contributed by atoms with E-state index < -0.39 is 47.9 Å². The molecule has 0 spiro atoms. The molecule has 0 saturated heterocycles. The Labute approximate surface area is 231 Å². The van der Waals surface area contributed by atoms with Crippen LogP contribution >= 0.6 is 11.3 Å². The number of rotatable bonds is 12. The molecular weight excluding hydrogens is 524 g/mol. The summed E-state index contributed by atoms with van der Waals surface area (Å²) >= 11 is 1.05. The molecule has 2 rings (SSSR count). The number of carbonyl (C=O) groups is 5. The van der Waals surface area contributed by atoms with Crippen molar-refractivity contribution in [2.24, 2.45) is 5.92 Å². The summed E-state index contributed by atoms with van der Waals surface area (Å²) in [5.74, 6) is -2.34. The number of nitrogens with one attached hydrogen (secondary N) is 5. The van der Waals surface area contributed by atoms with Gasteiger partial charge in [-0.05, 0) is 32.3 Å². The van der Waals surface area contributed by atoms with Gasteiger partial charge in [0.1, 0.15) is 17.3 Å². The summed E-state index contributed by atoms with van der Waals surface area (Å²) in [6.45, 7) is 9.14. The van der Waals surface area contributed by atoms with E-state index in [1.54, 1.807) is 20.8 Å². The van der Waals surface area contributed by atoms with Crippen molar-refractivity contribution in [3.8, 4) is 0 Å². The zero-order valence-corrected chi connectivity index (χ0v) is 23.6. The molecule has 12 nitrogen and oxygen atoms in total. The Morgan fingerprint density at radius 3 is 2.33 bits per heavy atom. The average molecular weight is 561 g/mol. The highest BCUT2D eigenvalue weighted by Gasteiger charge is 2.27. The number of nitrogens with zero attached hydrogens (tertiary/aromatic N) is 1. The van der Waals surface area contributed by atoms with Crippen LogP contribution in [0, 0.1) is 5.92 Å². The van der Waals surface area contributed by atoms with Crippen LogP contribution in [-0.4, -0.2) is 59.4 Å². The van der Waals surface area contributed by atoms with Gasteiger partial charge in [-0.1, -0.05) is 44.2 Å². The van der Waals surface area contributed by atoms with Crippen LogP contribution in [0.2, 0.25) is 0 Å². The third-order valence-corrected chi connectivity index (χ3v) is 5.55. The van der Waals surface area contributed by atoms with Crippen molar-refractivity contribution in [2.75, 3.05) is 18.4 Å². The van der Waals surface area contributed by atoms with Gasteiger partial charge in [0, 0.05) is 18.5 Å². The van der Waals surface area contributed by atoms with E-state index in [2.05, 4.69) is 31.6 Å². The van der Waals surface area contributed by atoms with Gasteiger partial charge >= 0.3 is 12.0 Å². The van der Waals surface area contributed by atoms with Gasteiger partial charge in [-0.2, -0.15) is 0 Å². The molecule has 0 fully saturated rings. The molecule has 1 aromatic carbocycles. The fourth-order valence-electron chi connectivity index (χ4n) is 3.04. The Balaban J connectivity index is 1.87. The Bertz CT molecular complexity index is 1150. The zero-order chi connectivity index (χ0) is 29.0. The lowest BCUT2D eigenvalue weighted by Crippen LogP contribution is -2.51. The van der Waals surface area contributed by atoms with Crippen molar-refractivity contribution in [3.63, 3.8) is 0 Å². The monoisotopic (exact) mass is 560 g/mol. The van der Waals surface area contributed by atoms with Gasteiger partial charge < -0.3 is 26.0 Å². The lowest BCUT2D eigenvalue weighted by atomic mass is 10.1. The number of carbonyl (C=O) groups excluding carboxylic acids is 5. The summed E-state index contributed by atoms with van der Waals surface area (Å²) < 4.78 is 5.27. The topological polar surface area (TPSA) is 168 Å². The molecule has 1 heterocycles. The molecule has 1 aromatic heterocycles. The van der Waals surface area contributed by atoms with Crippen molar-refractivity contribution >= 4 is 46.2 Å². The summed E-state index contributed by atoms with van der Waals surface area (Å²) in [6, 6.07) is 7.70. The number of thiazole rings is 1. The SMILES string of the molecule is CC(C)CNC(=O)[C@H](CC(=O)OC(C)(C)C)NC(=O)CNC(=O)c1csc(NC(=O)NCc2ccccc2)n1. The van der Waals surface area contributed by atoms with Gasteiger partial charge in [0.2, 0.25) is 11.8 Å². The Hall–Kier alpha value is -4.00. The number of urea groups is 1. The van der Waals surface area contributed by atoms with E-state index in [0.29, 0.717) is 13.1 Å². The molecule has 0 bridgehead atoms. The van der Waals surface area contributed by atoms with Crippen LogP contribution < -0.4 is 26.6 Å². The van der Waals surface area contributed by atoms with E-state index in [-0.39, 0.29) is 23.2 Å². The standard InChI is InChI=1S/C26H36N6O6S/c1-16(2)12-27-22(35)18(11-21(34)38-26(3,4)5)30-20(33)14-28-23(36)19-15-39-25(31-19)32-24(37)29-13-17-9-7-6-8-10-17/h6-10,15-16,18H,11-14H2,1-5H3,(H,27,35)(H,28,36)(H,30,33)(H2,29,31,32,37)/t18-/m0/s1. The highest BCUT2D eigenvalue weighted by molar-refractivity contribution is 7.14. The molecule has 0 unspecified atom stereocenters. The minimum Gasteiger partial charge on any atom is -0.460 e. The predicted octanol–water partition coefficient (Wildman–Crippen LogP) is 2.18. The summed E-state index contributed by atoms with van der Waals surface area (Å²) in [5, 5.41) is 14.5. The number of aromatic nitrogens is 1. The molecule has 212 valence electrons. The van der Waals surface area contributed by atoms with Gasteiger partial charge in [-0.3, -0.25) is 24.5 Å². The van der Waals surface area contributed by atoms with Crippen LogP contribution in [0.4, 0.5) is 9.93 Å². The molecule has 0 radical (unpaired) electrons. The molecule has 39 heavy (non-hydrogen) atoms. The second kappa shape index (κ2) is 14.8. The quantitative estimate of drug-likeness (QED) is 0.248. The Morgan fingerprint density at radius 1 is 1.00 bits per heavy atom. The predicted molar refractivity (Wildman–Crippen MR) is 147 cm³/mol. The first-order chi connectivity index (χ1) is 18.3. The number of anilines is 1. The van der Waals surface area contributed by atoms with Crippen LogP contribution in [0.3, 0.4) is 0 Å². The number of benzene rings is 1. The average Bonchev–Trinajstić information content (AvgIpc) is 3.32. The molecule has 0 aliphatic carbocycles. The summed E-state index contributed by atoms with van der Waals surface area (Å²) in [7, 11) is 0. The van der Waals surface area contributed by atoms with Crippen LogP contribution in [-0.2, 0) is 25.7 Å². The number of hydrogen-bond acceptors (Lipinski definition) is 8. The van der Waals surface area contributed by atoms with Crippen molar-refractivity contribution in [3.05, 3.63) is 47.0 Å². The second-order valence-corrected chi connectivity index (χ2v) is 10.9. The van der Waals surface area contributed by atoms with E-state index >= 15 is 0 Å². The van der Waals surface area contributed by atoms with E-state index in [0.717, 1.165) is 16.9 Å². The highest BCUT2D eigenvalue weighted by Crippen LogP contribution is 2.15. The lowest BCUT2D eigenvalue weighted by Gasteiger charge is -2.23. The fourth-order valence-corrected chi connectivity index (χ4v) is 3.72. The van der Waals surface area contributed by atoms with Crippen molar-refractivity contribution in [2.45, 2.75) is 59.2 Å². The molecule has 0 saturated carbocycles. The normalized spacial score (nSPS) is 11.7. The fraction of sp³-hybridized carbons (Fsp3) is 0.462. The molecule has 2 aromatic rings. The molecule has 0 aliphatic heterocycles. The smallest absolute Gasteiger partial charge is 0.321 e. The van der Waals surface area contributed by atoms with Crippen LogP contribution in [0.15, 0.2) is 35.7 Å². The third kappa shape index (κ3) is 12.4. The van der Waals surface area contributed by atoms with Gasteiger partial charge in [0.15, 0.2) is 5.13 Å². The number of hydrogen-bond donors (Lipinski definition) is 5. The molecule has 5 N–H and O–H groups in total. The van der Waals surface area contributed by atoms with Crippen LogP contribution in [0.1, 0.15) is 57.1 Å². The first-order valence-electron chi connectivity index (χ1n) is 12.4. The van der Waals surface area contributed by atoms with Gasteiger partial charge in [0.25, 0.3) is 5.91 Å². The van der Waals surface area contributed by atoms with Gasteiger partial charge in [-0.15, -0.1) is 11.3 Å². The first-order valence-corrected chi connectivity index (χ1v) is 13.3. The second-order valence-electron chi connectivity index (χ2n) is 10.1. The van der Waals surface area contributed by atoms with Crippen LogP contribution in [0.5, 0.6) is 0 Å². The van der Waals surface area contributed by atoms with Crippen molar-refractivity contribution < 1.29 is 28.7 Å². The first kappa shape index (κ1) is 31.2. The van der Waals surface area contributed by atoms with Gasteiger partial charge in [-0.25, -0.2) is 9.78 Å². The summed E-state index contributed by atoms with van der Waals surface area (Å²) in [5.41, 5.74) is 0.180. The summed E-state index contributed by atoms with van der Waals surface area (Å²) in [4.78, 5) is 66.0. The number of esters is 1.